The first-order valence-electron chi connectivity index (χ1n) is 11.4. The summed E-state index contributed by atoms with van der Waals surface area (Å²) in [6.07, 6.45) is 2.26. The van der Waals surface area contributed by atoms with Gasteiger partial charge in [-0.25, -0.2) is 4.79 Å². The molecule has 1 fully saturated rings. The molecule has 1 heterocycles. The summed E-state index contributed by atoms with van der Waals surface area (Å²) in [5, 5.41) is 2.82. The molecule has 0 bridgehead atoms. The number of benzene rings is 2. The Labute approximate surface area is 208 Å². The first kappa shape index (κ1) is 24.6. The molecule has 1 amide bonds. The van der Waals surface area contributed by atoms with Crippen molar-refractivity contribution in [2.24, 2.45) is 0 Å². The maximum atomic E-state index is 12.8. The van der Waals surface area contributed by atoms with Gasteiger partial charge < -0.3 is 19.4 Å². The molecular weight excluding hydrogens is 464 g/mol. The number of rotatable bonds is 10. The highest BCUT2D eigenvalue weighted by Crippen LogP contribution is 2.38. The number of nitrogens with one attached hydrogen (secondary N) is 1. The molecule has 0 atom stereocenters. The van der Waals surface area contributed by atoms with Gasteiger partial charge in [-0.3, -0.25) is 9.59 Å². The van der Waals surface area contributed by atoms with Crippen LogP contribution < -0.4 is 10.1 Å². The molecule has 3 aromatic rings. The topological polar surface area (TPSA) is 86.6 Å². The van der Waals surface area contributed by atoms with E-state index in [1.165, 1.54) is 11.8 Å². The van der Waals surface area contributed by atoms with Crippen LogP contribution in [0.4, 0.5) is 5.69 Å². The molecule has 4 rings (SSSR count). The monoisotopic (exact) mass is 492 g/mol. The van der Waals surface area contributed by atoms with E-state index in [0.717, 1.165) is 24.2 Å². The molecule has 1 saturated carbocycles. The Balaban J connectivity index is 1.35. The van der Waals surface area contributed by atoms with E-state index in [-0.39, 0.29) is 24.1 Å². The molecule has 35 heavy (non-hydrogen) atoms. The summed E-state index contributed by atoms with van der Waals surface area (Å²) in [7, 11) is 1.56. The Bertz CT molecular complexity index is 1260. The number of amides is 1. The van der Waals surface area contributed by atoms with Crippen LogP contribution in [0.3, 0.4) is 0 Å². The third kappa shape index (κ3) is 5.95. The lowest BCUT2D eigenvalue weighted by Gasteiger charge is -2.10. The van der Waals surface area contributed by atoms with Crippen molar-refractivity contribution < 1.29 is 23.9 Å². The predicted octanol–water partition coefficient (Wildman–Crippen LogP) is 5.22. The Morgan fingerprint density at radius 1 is 1.03 bits per heavy atom. The van der Waals surface area contributed by atoms with Gasteiger partial charge in [0.05, 0.1) is 18.4 Å². The number of aromatic nitrogens is 1. The zero-order valence-corrected chi connectivity index (χ0v) is 20.8. The first-order valence-corrected chi connectivity index (χ1v) is 12.4. The standard InChI is InChI=1S/C27H28N2O5S/c1-17-13-23(18(2)29(17)20-11-12-20)24(30)15-34-27(32)22-9-4-5-10-25(22)35-16-26(31)28-19-7-6-8-21(14-19)33-3/h4-10,13-14,20H,11-12,15-16H2,1-3H3,(H,28,31). The summed E-state index contributed by atoms with van der Waals surface area (Å²) in [5.41, 5.74) is 3.52. The van der Waals surface area contributed by atoms with Crippen LogP contribution in [0.25, 0.3) is 0 Å². The minimum atomic E-state index is -0.592. The van der Waals surface area contributed by atoms with Gasteiger partial charge in [0.15, 0.2) is 6.61 Å². The first-order chi connectivity index (χ1) is 16.9. The normalized spacial score (nSPS) is 12.8. The molecule has 1 aliphatic carbocycles. The number of thioether (sulfide) groups is 1. The highest BCUT2D eigenvalue weighted by molar-refractivity contribution is 8.00. The van der Waals surface area contributed by atoms with Crippen LogP contribution >= 0.6 is 11.8 Å². The van der Waals surface area contributed by atoms with Crippen molar-refractivity contribution in [2.45, 2.75) is 37.6 Å². The highest BCUT2D eigenvalue weighted by atomic mass is 32.2. The maximum Gasteiger partial charge on any atom is 0.339 e. The Hall–Kier alpha value is -3.52. The second-order valence-electron chi connectivity index (χ2n) is 8.45. The van der Waals surface area contributed by atoms with Gasteiger partial charge in [0.25, 0.3) is 0 Å². The van der Waals surface area contributed by atoms with E-state index in [1.807, 2.05) is 19.9 Å². The predicted molar refractivity (Wildman–Crippen MR) is 136 cm³/mol. The van der Waals surface area contributed by atoms with Crippen molar-refractivity contribution in [3.63, 3.8) is 0 Å². The number of hydrogen-bond donors (Lipinski definition) is 1. The molecule has 7 nitrogen and oxygen atoms in total. The van der Waals surface area contributed by atoms with Gasteiger partial charge in [-0.1, -0.05) is 18.2 Å². The number of carbonyl (C=O) groups is 3. The van der Waals surface area contributed by atoms with E-state index < -0.39 is 5.97 Å². The second-order valence-corrected chi connectivity index (χ2v) is 9.47. The number of aryl methyl sites for hydroxylation is 1. The van der Waals surface area contributed by atoms with Crippen LogP contribution in [0.5, 0.6) is 5.75 Å². The molecular formula is C27H28N2O5S. The van der Waals surface area contributed by atoms with Crippen LogP contribution in [0.2, 0.25) is 0 Å². The van der Waals surface area contributed by atoms with E-state index in [4.69, 9.17) is 9.47 Å². The zero-order valence-electron chi connectivity index (χ0n) is 20.0. The van der Waals surface area contributed by atoms with Gasteiger partial charge in [-0.2, -0.15) is 0 Å². The van der Waals surface area contributed by atoms with E-state index in [9.17, 15) is 14.4 Å². The van der Waals surface area contributed by atoms with Crippen LogP contribution in [0.1, 0.15) is 51.0 Å². The van der Waals surface area contributed by atoms with Crippen molar-refractivity contribution in [3.8, 4) is 5.75 Å². The van der Waals surface area contributed by atoms with Crippen molar-refractivity contribution in [1.29, 1.82) is 0 Å². The molecule has 1 N–H and O–H groups in total. The van der Waals surface area contributed by atoms with Gasteiger partial charge in [0, 0.05) is 39.6 Å². The number of carbonyl (C=O) groups excluding carboxylic acids is 3. The van der Waals surface area contributed by atoms with Crippen molar-refractivity contribution in [2.75, 3.05) is 24.8 Å². The molecule has 8 heteroatoms. The number of anilines is 1. The summed E-state index contributed by atoms with van der Waals surface area (Å²) < 4.78 is 12.7. The number of ether oxygens (including phenoxy) is 2. The smallest absolute Gasteiger partial charge is 0.339 e. The van der Waals surface area contributed by atoms with E-state index in [1.54, 1.807) is 55.6 Å². The van der Waals surface area contributed by atoms with E-state index in [2.05, 4.69) is 9.88 Å². The van der Waals surface area contributed by atoms with Crippen LogP contribution in [-0.2, 0) is 9.53 Å². The van der Waals surface area contributed by atoms with E-state index >= 15 is 0 Å². The summed E-state index contributed by atoms with van der Waals surface area (Å²) >= 11 is 1.23. The fraction of sp³-hybridized carbons (Fsp3) is 0.296. The lowest BCUT2D eigenvalue weighted by atomic mass is 10.1. The van der Waals surface area contributed by atoms with E-state index in [0.29, 0.717) is 33.5 Å². The van der Waals surface area contributed by atoms with Crippen LogP contribution in [0, 0.1) is 13.8 Å². The second kappa shape index (κ2) is 10.8. The van der Waals surface area contributed by atoms with Gasteiger partial charge in [0.1, 0.15) is 5.75 Å². The number of esters is 1. The maximum absolute atomic E-state index is 12.8. The molecule has 2 aromatic carbocycles. The molecule has 0 spiro atoms. The molecule has 0 saturated heterocycles. The zero-order chi connectivity index (χ0) is 24.9. The molecule has 0 unspecified atom stereocenters. The summed E-state index contributed by atoms with van der Waals surface area (Å²) in [5.74, 6) is -0.278. The summed E-state index contributed by atoms with van der Waals surface area (Å²) in [6.45, 7) is 3.60. The Morgan fingerprint density at radius 2 is 1.80 bits per heavy atom. The van der Waals surface area contributed by atoms with Crippen LogP contribution in [-0.4, -0.2) is 41.7 Å². The third-order valence-corrected chi connectivity index (χ3v) is 6.92. The number of hydrogen-bond acceptors (Lipinski definition) is 6. The average Bonchev–Trinajstić information content (AvgIpc) is 3.65. The van der Waals surface area contributed by atoms with Gasteiger partial charge in [-0.15, -0.1) is 11.8 Å². The third-order valence-electron chi connectivity index (χ3n) is 5.85. The van der Waals surface area contributed by atoms with Gasteiger partial charge in [0.2, 0.25) is 11.7 Å². The lowest BCUT2D eigenvalue weighted by molar-refractivity contribution is -0.113. The lowest BCUT2D eigenvalue weighted by Crippen LogP contribution is -2.16. The highest BCUT2D eigenvalue weighted by Gasteiger charge is 2.28. The fourth-order valence-electron chi connectivity index (χ4n) is 4.04. The van der Waals surface area contributed by atoms with Crippen molar-refractivity contribution in [1.82, 2.24) is 4.57 Å². The minimum Gasteiger partial charge on any atom is -0.497 e. The molecule has 0 aliphatic heterocycles. The largest absolute Gasteiger partial charge is 0.497 e. The number of Topliss-reactive ketones (excluding diaryl/α,β-unsaturated/α-hetero) is 1. The average molecular weight is 493 g/mol. The number of nitrogens with zero attached hydrogens (tertiary/aromatic N) is 1. The molecule has 1 aliphatic rings. The van der Waals surface area contributed by atoms with Gasteiger partial charge >= 0.3 is 5.97 Å². The fourth-order valence-corrected chi connectivity index (χ4v) is 4.88. The molecule has 182 valence electrons. The minimum absolute atomic E-state index is 0.105. The van der Waals surface area contributed by atoms with Gasteiger partial charge in [-0.05, 0) is 57.0 Å². The number of methoxy groups -OCH3 is 1. The van der Waals surface area contributed by atoms with Crippen molar-refractivity contribution in [3.05, 3.63) is 77.1 Å². The summed E-state index contributed by atoms with van der Waals surface area (Å²) in [6, 6.07) is 16.3. The SMILES string of the molecule is COc1cccc(NC(=O)CSc2ccccc2C(=O)OCC(=O)c2cc(C)n(C3CC3)c2C)c1. The summed E-state index contributed by atoms with van der Waals surface area (Å²) in [4.78, 5) is 38.6. The Kier molecular flexibility index (Phi) is 7.60. The van der Waals surface area contributed by atoms with Crippen molar-refractivity contribution >= 4 is 35.1 Å². The van der Waals surface area contributed by atoms with Crippen LogP contribution in [0.15, 0.2) is 59.5 Å². The number of ketones is 1. The molecule has 0 radical (unpaired) electrons. The Morgan fingerprint density at radius 3 is 2.54 bits per heavy atom. The molecule has 1 aromatic heterocycles. The quantitative estimate of drug-likeness (QED) is 0.237.